The molecule has 49 heavy (non-hydrogen) atoms. The molecule has 10 aromatic rings. The van der Waals surface area contributed by atoms with Gasteiger partial charge in [-0.05, 0) is 99.8 Å². The highest BCUT2D eigenvalue weighted by Gasteiger charge is 2.19. The minimum atomic E-state index is 1.14. The van der Waals surface area contributed by atoms with E-state index >= 15 is 0 Å². The Kier molecular flexibility index (Phi) is 6.61. The molecular formula is C46H29NS2. The summed E-state index contributed by atoms with van der Waals surface area (Å²) >= 11 is 3.73. The van der Waals surface area contributed by atoms with Crippen molar-refractivity contribution < 1.29 is 0 Å². The van der Waals surface area contributed by atoms with Crippen molar-refractivity contribution in [1.29, 1.82) is 0 Å². The van der Waals surface area contributed by atoms with E-state index in [0.717, 1.165) is 11.4 Å². The van der Waals surface area contributed by atoms with Crippen molar-refractivity contribution >= 4 is 90.9 Å². The van der Waals surface area contributed by atoms with Gasteiger partial charge in [-0.15, -0.1) is 22.7 Å². The quantitative estimate of drug-likeness (QED) is 0.178. The van der Waals surface area contributed by atoms with E-state index in [0.29, 0.717) is 0 Å². The van der Waals surface area contributed by atoms with Gasteiger partial charge in [-0.2, -0.15) is 0 Å². The first-order chi connectivity index (χ1) is 24.3. The third kappa shape index (κ3) is 4.82. The summed E-state index contributed by atoms with van der Waals surface area (Å²) in [6.07, 6.45) is 0. The van der Waals surface area contributed by atoms with Gasteiger partial charge in [-0.1, -0.05) is 109 Å². The summed E-state index contributed by atoms with van der Waals surface area (Å²) in [5.41, 5.74) is 8.35. The molecule has 3 heteroatoms. The molecule has 2 heterocycles. The maximum absolute atomic E-state index is 2.45. The Balaban J connectivity index is 1.11. The van der Waals surface area contributed by atoms with Gasteiger partial charge in [0.2, 0.25) is 0 Å². The number of nitrogens with zero attached hydrogens (tertiary/aromatic N) is 1. The average Bonchev–Trinajstić information content (AvgIpc) is 3.74. The lowest BCUT2D eigenvalue weighted by Gasteiger charge is -2.27. The highest BCUT2D eigenvalue weighted by Crippen LogP contribution is 2.46. The second kappa shape index (κ2) is 11.5. The van der Waals surface area contributed by atoms with Crippen molar-refractivity contribution in [3.63, 3.8) is 0 Å². The highest BCUT2D eigenvalue weighted by atomic mass is 32.1. The summed E-state index contributed by atoms with van der Waals surface area (Å²) in [7, 11) is 0. The first kappa shape index (κ1) is 28.3. The van der Waals surface area contributed by atoms with E-state index < -0.39 is 0 Å². The second-order valence-corrected chi connectivity index (χ2v) is 14.7. The number of rotatable bonds is 5. The van der Waals surface area contributed by atoms with Gasteiger partial charge >= 0.3 is 0 Å². The van der Waals surface area contributed by atoms with Gasteiger partial charge < -0.3 is 4.90 Å². The fourth-order valence-electron chi connectivity index (χ4n) is 7.27. The van der Waals surface area contributed by atoms with E-state index in [2.05, 4.69) is 181 Å². The van der Waals surface area contributed by atoms with Crippen LogP contribution in [0.4, 0.5) is 17.1 Å². The summed E-state index contributed by atoms with van der Waals surface area (Å²) in [5.74, 6) is 0. The van der Waals surface area contributed by atoms with Gasteiger partial charge in [-0.25, -0.2) is 0 Å². The number of fused-ring (bicyclic) bond motifs is 7. The predicted molar refractivity (Wildman–Crippen MR) is 215 cm³/mol. The van der Waals surface area contributed by atoms with Crippen LogP contribution in [0.1, 0.15) is 0 Å². The first-order valence-corrected chi connectivity index (χ1v) is 18.2. The Labute approximate surface area is 292 Å². The van der Waals surface area contributed by atoms with E-state index in [1.807, 2.05) is 22.7 Å². The molecule has 8 aromatic carbocycles. The Morgan fingerprint density at radius 2 is 0.918 bits per heavy atom. The van der Waals surface area contributed by atoms with Crippen LogP contribution in [0.2, 0.25) is 0 Å². The van der Waals surface area contributed by atoms with Crippen LogP contribution in [0.15, 0.2) is 176 Å². The van der Waals surface area contributed by atoms with Gasteiger partial charge in [-0.3, -0.25) is 0 Å². The molecule has 0 bridgehead atoms. The molecular weight excluding hydrogens is 631 g/mol. The van der Waals surface area contributed by atoms with Crippen molar-refractivity contribution in [1.82, 2.24) is 0 Å². The minimum Gasteiger partial charge on any atom is -0.310 e. The summed E-state index contributed by atoms with van der Waals surface area (Å²) < 4.78 is 5.24. The molecule has 0 aliphatic carbocycles. The smallest absolute Gasteiger partial charge is 0.0554 e. The van der Waals surface area contributed by atoms with E-state index in [1.165, 1.54) is 79.1 Å². The molecule has 0 N–H and O–H groups in total. The van der Waals surface area contributed by atoms with Crippen LogP contribution in [-0.4, -0.2) is 0 Å². The van der Waals surface area contributed by atoms with Crippen molar-refractivity contribution in [2.24, 2.45) is 0 Å². The zero-order valence-corrected chi connectivity index (χ0v) is 28.1. The van der Waals surface area contributed by atoms with Crippen LogP contribution in [-0.2, 0) is 0 Å². The molecule has 0 atom stereocenters. The first-order valence-electron chi connectivity index (χ1n) is 16.6. The molecule has 0 amide bonds. The normalized spacial score (nSPS) is 11.7. The average molecular weight is 660 g/mol. The molecule has 0 unspecified atom stereocenters. The zero-order chi connectivity index (χ0) is 32.3. The van der Waals surface area contributed by atoms with Crippen LogP contribution in [0, 0.1) is 0 Å². The minimum absolute atomic E-state index is 1.14. The van der Waals surface area contributed by atoms with E-state index in [9.17, 15) is 0 Å². The van der Waals surface area contributed by atoms with Crippen LogP contribution >= 0.6 is 22.7 Å². The molecule has 0 aliphatic heterocycles. The number of benzene rings is 8. The van der Waals surface area contributed by atoms with Crippen molar-refractivity contribution in [3.8, 4) is 22.3 Å². The number of anilines is 3. The maximum Gasteiger partial charge on any atom is 0.0554 e. The van der Waals surface area contributed by atoms with E-state index in [-0.39, 0.29) is 0 Å². The van der Waals surface area contributed by atoms with Gasteiger partial charge in [0.25, 0.3) is 0 Å². The summed E-state index contributed by atoms with van der Waals surface area (Å²) in [6, 6.07) is 64.5. The van der Waals surface area contributed by atoms with Crippen molar-refractivity contribution in [2.45, 2.75) is 0 Å². The van der Waals surface area contributed by atoms with Crippen LogP contribution < -0.4 is 4.90 Å². The molecule has 230 valence electrons. The van der Waals surface area contributed by atoms with Crippen molar-refractivity contribution in [2.75, 3.05) is 4.90 Å². The molecule has 1 nitrogen and oxygen atoms in total. The lowest BCUT2D eigenvalue weighted by Crippen LogP contribution is -2.10. The SMILES string of the molecule is c1cc(-c2ccc(N(c3ccc4sc5ccccc5c4c3)c3cccc4sc5ccccc5c34)cc2)cc(-c2ccc3ccccc3c2)c1. The lowest BCUT2D eigenvalue weighted by molar-refractivity contribution is 1.31. The van der Waals surface area contributed by atoms with Gasteiger partial charge in [0.1, 0.15) is 0 Å². The molecule has 0 spiro atoms. The Bertz CT molecular complexity index is 2840. The van der Waals surface area contributed by atoms with Crippen LogP contribution in [0.5, 0.6) is 0 Å². The van der Waals surface area contributed by atoms with E-state index in [1.54, 1.807) is 0 Å². The van der Waals surface area contributed by atoms with Gasteiger partial charge in [0, 0.05) is 51.7 Å². The van der Waals surface area contributed by atoms with Crippen LogP contribution in [0.25, 0.3) is 73.4 Å². The largest absolute Gasteiger partial charge is 0.310 e. The van der Waals surface area contributed by atoms with Crippen molar-refractivity contribution in [3.05, 3.63) is 176 Å². The molecule has 0 saturated carbocycles. The van der Waals surface area contributed by atoms with Gasteiger partial charge in [0.05, 0.1) is 5.69 Å². The number of hydrogen-bond donors (Lipinski definition) is 0. The fraction of sp³-hybridized carbons (Fsp3) is 0. The maximum atomic E-state index is 2.45. The molecule has 0 aliphatic rings. The zero-order valence-electron chi connectivity index (χ0n) is 26.5. The molecule has 10 rings (SSSR count). The second-order valence-electron chi connectivity index (χ2n) is 12.6. The lowest BCUT2D eigenvalue weighted by atomic mass is 9.97. The monoisotopic (exact) mass is 659 g/mol. The summed E-state index contributed by atoms with van der Waals surface area (Å²) in [5, 5.41) is 7.73. The molecule has 2 aromatic heterocycles. The highest BCUT2D eigenvalue weighted by molar-refractivity contribution is 7.26. The Hall–Kier alpha value is -5.74. The fourth-order valence-corrected chi connectivity index (χ4v) is 9.49. The Morgan fingerprint density at radius 3 is 1.78 bits per heavy atom. The molecule has 0 fully saturated rings. The topological polar surface area (TPSA) is 3.24 Å². The Morgan fingerprint density at radius 1 is 0.327 bits per heavy atom. The predicted octanol–water partition coefficient (Wildman–Crippen LogP) is 14.4. The van der Waals surface area contributed by atoms with Gasteiger partial charge in [0.15, 0.2) is 0 Å². The molecule has 0 saturated heterocycles. The number of hydrogen-bond acceptors (Lipinski definition) is 3. The molecule has 0 radical (unpaired) electrons. The summed E-state index contributed by atoms with van der Waals surface area (Å²) in [4.78, 5) is 2.45. The summed E-state index contributed by atoms with van der Waals surface area (Å²) in [6.45, 7) is 0. The standard InChI is InChI=1S/C46H29NS2/c1-2-10-32-28-35(20-19-30(32)9-1)34-12-7-11-33(27-34)31-21-23-36(24-22-31)47(37-25-26-44-40(29-37)38-13-3-5-16-42(38)48-44)41-15-8-18-45-46(41)39-14-4-6-17-43(39)49-45/h1-29H. The number of thiophene rings is 2. The third-order valence-corrected chi connectivity index (χ3v) is 11.9. The van der Waals surface area contributed by atoms with E-state index in [4.69, 9.17) is 0 Å². The van der Waals surface area contributed by atoms with Crippen LogP contribution in [0.3, 0.4) is 0 Å². The third-order valence-electron chi connectivity index (χ3n) is 9.64.